The topological polar surface area (TPSA) is 70.0 Å². The van der Waals surface area contributed by atoms with Crippen LogP contribution in [-0.4, -0.2) is 36.4 Å². The van der Waals surface area contributed by atoms with Crippen LogP contribution in [-0.2, 0) is 0 Å². The number of nitrogens with zero attached hydrogens (tertiary/aromatic N) is 2. The summed E-state index contributed by atoms with van der Waals surface area (Å²) in [6.07, 6.45) is 1.76. The number of nitrogens with two attached hydrogens (primary N) is 1. The van der Waals surface area contributed by atoms with Crippen molar-refractivity contribution in [2.24, 2.45) is 0 Å². The maximum absolute atomic E-state index is 5.82. The Bertz CT molecular complexity index is 510. The average Bonchev–Trinajstić information content (AvgIpc) is 2.86. The molecule has 1 aromatic heterocycles. The van der Waals surface area contributed by atoms with Crippen LogP contribution in [0.4, 0.5) is 11.5 Å². The Morgan fingerprint density at radius 3 is 2.44 bits per heavy atom. The minimum atomic E-state index is 0.616. The van der Waals surface area contributed by atoms with E-state index in [1.54, 1.807) is 6.20 Å². The van der Waals surface area contributed by atoms with E-state index in [4.69, 9.17) is 5.73 Å². The summed E-state index contributed by atoms with van der Waals surface area (Å²) >= 11 is 0. The molecule has 5 nitrogen and oxygen atoms in total. The lowest BCUT2D eigenvalue weighted by Gasteiger charge is -2.29. The van der Waals surface area contributed by atoms with Crippen molar-refractivity contribution in [1.29, 1.82) is 0 Å². The zero-order chi connectivity index (χ0) is 12.4. The van der Waals surface area contributed by atoms with Crippen LogP contribution < -0.4 is 16.0 Å². The summed E-state index contributed by atoms with van der Waals surface area (Å²) in [6.45, 7) is 4.23. The third-order valence-electron chi connectivity index (χ3n) is 3.33. The van der Waals surface area contributed by atoms with Crippen molar-refractivity contribution in [1.82, 2.24) is 15.5 Å². The molecule has 0 bridgehead atoms. The number of anilines is 2. The van der Waals surface area contributed by atoms with Crippen molar-refractivity contribution >= 4 is 11.5 Å². The summed E-state index contributed by atoms with van der Waals surface area (Å²) in [5.74, 6) is 0.616. The van der Waals surface area contributed by atoms with Crippen LogP contribution in [0.1, 0.15) is 0 Å². The SMILES string of the molecule is Nc1[nH]ncc1-c1ccc(N2CCNCC2)cc1. The average molecular weight is 243 g/mol. The van der Waals surface area contributed by atoms with Crippen LogP contribution in [0.25, 0.3) is 11.1 Å². The van der Waals surface area contributed by atoms with Gasteiger partial charge in [0.1, 0.15) is 5.82 Å². The number of hydrogen-bond acceptors (Lipinski definition) is 4. The van der Waals surface area contributed by atoms with Gasteiger partial charge in [0.2, 0.25) is 0 Å². The second kappa shape index (κ2) is 4.70. The van der Waals surface area contributed by atoms with Crippen molar-refractivity contribution in [2.45, 2.75) is 0 Å². The second-order valence-corrected chi connectivity index (χ2v) is 4.48. The van der Waals surface area contributed by atoms with Gasteiger partial charge in [-0.25, -0.2) is 0 Å². The van der Waals surface area contributed by atoms with E-state index in [1.807, 2.05) is 0 Å². The van der Waals surface area contributed by atoms with Crippen LogP contribution in [0.2, 0.25) is 0 Å². The van der Waals surface area contributed by atoms with Gasteiger partial charge in [0.25, 0.3) is 0 Å². The second-order valence-electron chi connectivity index (χ2n) is 4.48. The van der Waals surface area contributed by atoms with Crippen LogP contribution >= 0.6 is 0 Å². The highest BCUT2D eigenvalue weighted by atomic mass is 15.2. The van der Waals surface area contributed by atoms with Gasteiger partial charge in [0.15, 0.2) is 0 Å². The molecule has 0 radical (unpaired) electrons. The molecule has 1 aliphatic rings. The summed E-state index contributed by atoms with van der Waals surface area (Å²) in [6, 6.07) is 8.48. The van der Waals surface area contributed by atoms with Crippen molar-refractivity contribution in [3.63, 3.8) is 0 Å². The molecule has 0 atom stereocenters. The van der Waals surface area contributed by atoms with E-state index in [2.05, 4.69) is 44.7 Å². The van der Waals surface area contributed by atoms with Gasteiger partial charge in [-0.15, -0.1) is 0 Å². The monoisotopic (exact) mass is 243 g/mol. The summed E-state index contributed by atoms with van der Waals surface area (Å²) < 4.78 is 0. The smallest absolute Gasteiger partial charge is 0.126 e. The lowest BCUT2D eigenvalue weighted by molar-refractivity contribution is 0.589. The normalized spacial score (nSPS) is 15.9. The Morgan fingerprint density at radius 1 is 1.11 bits per heavy atom. The summed E-state index contributed by atoms with van der Waals surface area (Å²) in [7, 11) is 0. The Morgan fingerprint density at radius 2 is 1.83 bits per heavy atom. The molecule has 0 amide bonds. The molecule has 2 aromatic rings. The molecule has 0 unspecified atom stereocenters. The molecule has 3 rings (SSSR count). The summed E-state index contributed by atoms with van der Waals surface area (Å²) in [5.41, 5.74) is 9.14. The van der Waals surface area contributed by atoms with Gasteiger partial charge in [-0.2, -0.15) is 5.10 Å². The quantitative estimate of drug-likeness (QED) is 0.738. The Balaban J connectivity index is 1.82. The van der Waals surface area contributed by atoms with Crippen LogP contribution in [0.15, 0.2) is 30.5 Å². The lowest BCUT2D eigenvalue weighted by atomic mass is 10.1. The Labute approximate surface area is 106 Å². The van der Waals surface area contributed by atoms with E-state index in [0.29, 0.717) is 5.82 Å². The fourth-order valence-corrected chi connectivity index (χ4v) is 2.30. The van der Waals surface area contributed by atoms with Gasteiger partial charge in [-0.05, 0) is 17.7 Å². The minimum Gasteiger partial charge on any atom is -0.384 e. The molecule has 0 spiro atoms. The van der Waals surface area contributed by atoms with Crippen molar-refractivity contribution < 1.29 is 0 Å². The number of piperazine rings is 1. The maximum Gasteiger partial charge on any atom is 0.126 e. The van der Waals surface area contributed by atoms with E-state index >= 15 is 0 Å². The van der Waals surface area contributed by atoms with E-state index < -0.39 is 0 Å². The van der Waals surface area contributed by atoms with E-state index in [0.717, 1.165) is 37.3 Å². The number of aromatic nitrogens is 2. The van der Waals surface area contributed by atoms with Crippen LogP contribution in [0.3, 0.4) is 0 Å². The molecule has 5 heteroatoms. The highest BCUT2D eigenvalue weighted by Gasteiger charge is 2.11. The summed E-state index contributed by atoms with van der Waals surface area (Å²) in [5, 5.41) is 10.1. The first-order valence-electron chi connectivity index (χ1n) is 6.19. The predicted octanol–water partition coefficient (Wildman–Crippen LogP) is 1.07. The first kappa shape index (κ1) is 11.1. The number of hydrogen-bond donors (Lipinski definition) is 3. The number of nitrogen functional groups attached to an aromatic ring is 1. The van der Waals surface area contributed by atoms with Gasteiger partial charge in [0.05, 0.1) is 6.20 Å². The minimum absolute atomic E-state index is 0.616. The molecule has 18 heavy (non-hydrogen) atoms. The van der Waals surface area contributed by atoms with E-state index in [-0.39, 0.29) is 0 Å². The zero-order valence-corrected chi connectivity index (χ0v) is 10.2. The third kappa shape index (κ3) is 2.04. The number of nitrogens with one attached hydrogen (secondary N) is 2. The van der Waals surface area contributed by atoms with E-state index in [9.17, 15) is 0 Å². The molecule has 0 saturated carbocycles. The van der Waals surface area contributed by atoms with Crippen LogP contribution in [0, 0.1) is 0 Å². The highest BCUT2D eigenvalue weighted by Crippen LogP contribution is 2.26. The van der Waals surface area contributed by atoms with Crippen LogP contribution in [0.5, 0.6) is 0 Å². The van der Waals surface area contributed by atoms with Gasteiger partial charge >= 0.3 is 0 Å². The molecule has 94 valence electrons. The molecular formula is C13H17N5. The maximum atomic E-state index is 5.82. The molecule has 1 saturated heterocycles. The number of benzene rings is 1. The van der Waals surface area contributed by atoms with Gasteiger partial charge in [-0.3, -0.25) is 5.10 Å². The van der Waals surface area contributed by atoms with Gasteiger partial charge in [-0.1, -0.05) is 12.1 Å². The molecule has 2 heterocycles. The molecule has 0 aliphatic carbocycles. The first-order valence-corrected chi connectivity index (χ1v) is 6.19. The number of H-pyrrole nitrogens is 1. The molecular weight excluding hydrogens is 226 g/mol. The van der Waals surface area contributed by atoms with Gasteiger partial charge < -0.3 is 16.0 Å². The Kier molecular flexibility index (Phi) is 2.90. The largest absolute Gasteiger partial charge is 0.384 e. The van der Waals surface area contributed by atoms with Gasteiger partial charge in [0, 0.05) is 37.4 Å². The fourth-order valence-electron chi connectivity index (χ4n) is 2.30. The third-order valence-corrected chi connectivity index (χ3v) is 3.33. The molecule has 1 fully saturated rings. The zero-order valence-electron chi connectivity index (χ0n) is 10.2. The summed E-state index contributed by atoms with van der Waals surface area (Å²) in [4.78, 5) is 2.39. The van der Waals surface area contributed by atoms with Crippen molar-refractivity contribution in [3.05, 3.63) is 30.5 Å². The molecule has 1 aromatic carbocycles. The standard InChI is InChI=1S/C13H17N5/c14-13-12(9-16-17-13)10-1-3-11(4-2-10)18-7-5-15-6-8-18/h1-4,9,15H,5-8H2,(H3,14,16,17). The number of rotatable bonds is 2. The molecule has 4 N–H and O–H groups in total. The van der Waals surface area contributed by atoms with Crippen molar-refractivity contribution in [3.8, 4) is 11.1 Å². The fraction of sp³-hybridized carbons (Fsp3) is 0.308. The first-order chi connectivity index (χ1) is 8.84. The lowest BCUT2D eigenvalue weighted by Crippen LogP contribution is -2.43. The molecule has 1 aliphatic heterocycles. The highest BCUT2D eigenvalue weighted by molar-refractivity contribution is 5.74. The predicted molar refractivity (Wildman–Crippen MR) is 73.5 cm³/mol. The van der Waals surface area contributed by atoms with E-state index in [1.165, 1.54) is 5.69 Å². The Hall–Kier alpha value is -2.01. The number of aromatic amines is 1. The van der Waals surface area contributed by atoms with Crippen molar-refractivity contribution in [2.75, 3.05) is 36.8 Å².